The summed E-state index contributed by atoms with van der Waals surface area (Å²) in [6.45, 7) is 2.44. The van der Waals surface area contributed by atoms with Gasteiger partial charge in [-0.1, -0.05) is 24.3 Å². The number of fused-ring (bicyclic) bond motifs is 3. The van der Waals surface area contributed by atoms with Crippen LogP contribution < -0.4 is 10.2 Å². The van der Waals surface area contributed by atoms with Crippen molar-refractivity contribution in [2.45, 2.75) is 13.0 Å². The number of carbonyl (C=O) groups is 1. The van der Waals surface area contributed by atoms with Crippen molar-refractivity contribution in [2.75, 3.05) is 44.6 Å². The number of imidazole rings is 1. The molecule has 0 aliphatic carbocycles. The van der Waals surface area contributed by atoms with Crippen LogP contribution in [0.5, 0.6) is 0 Å². The van der Waals surface area contributed by atoms with E-state index in [9.17, 15) is 4.79 Å². The van der Waals surface area contributed by atoms with Gasteiger partial charge in [-0.2, -0.15) is 0 Å². The molecule has 1 aliphatic heterocycles. The van der Waals surface area contributed by atoms with Gasteiger partial charge >= 0.3 is 5.97 Å². The molecular weight excluding hydrogens is 380 g/mol. The predicted molar refractivity (Wildman–Crippen MR) is 118 cm³/mol. The molecule has 2 aromatic carbocycles. The van der Waals surface area contributed by atoms with Gasteiger partial charge in [0, 0.05) is 32.6 Å². The van der Waals surface area contributed by atoms with Gasteiger partial charge in [-0.3, -0.25) is 4.57 Å². The number of nitrogens with one attached hydrogen (secondary N) is 1. The van der Waals surface area contributed by atoms with E-state index in [0.29, 0.717) is 18.1 Å². The first-order chi connectivity index (χ1) is 14.5. The Morgan fingerprint density at radius 1 is 1.13 bits per heavy atom. The molecule has 0 saturated carbocycles. The van der Waals surface area contributed by atoms with Gasteiger partial charge in [0.15, 0.2) is 0 Å². The zero-order chi connectivity index (χ0) is 21.3. The molecule has 3 aromatic rings. The normalized spacial score (nSPS) is 15.7. The highest BCUT2D eigenvalue weighted by molar-refractivity contribution is 5.94. The fraction of sp³-hybridized carbons (Fsp3) is 0.304. The second-order valence-corrected chi connectivity index (χ2v) is 7.48. The molecule has 0 amide bonds. The lowest BCUT2D eigenvalue weighted by Gasteiger charge is -2.30. The van der Waals surface area contributed by atoms with Crippen molar-refractivity contribution < 1.29 is 14.3 Å². The van der Waals surface area contributed by atoms with Crippen LogP contribution in [0.2, 0.25) is 0 Å². The zero-order valence-corrected chi connectivity index (χ0v) is 17.7. The molecule has 0 saturated heterocycles. The lowest BCUT2D eigenvalue weighted by molar-refractivity contribution is -0.140. The van der Waals surface area contributed by atoms with E-state index < -0.39 is 0 Å². The molecule has 7 heteroatoms. The number of para-hydroxylation sites is 2. The molecule has 2 heterocycles. The van der Waals surface area contributed by atoms with Crippen LogP contribution >= 0.6 is 0 Å². The third kappa shape index (κ3) is 3.52. The molecule has 0 radical (unpaired) electrons. The number of nitrogens with zero attached hydrogens (tertiary/aromatic N) is 3. The first kappa shape index (κ1) is 20.0. The Balaban J connectivity index is 1.85. The molecule has 0 fully saturated rings. The largest absolute Gasteiger partial charge is 0.460 e. The average Bonchev–Trinajstić information content (AvgIpc) is 3.10. The molecule has 7 nitrogen and oxygen atoms in total. The van der Waals surface area contributed by atoms with E-state index in [4.69, 9.17) is 14.5 Å². The van der Waals surface area contributed by atoms with Crippen molar-refractivity contribution in [1.82, 2.24) is 9.55 Å². The lowest BCUT2D eigenvalue weighted by atomic mass is 9.94. The van der Waals surface area contributed by atoms with Crippen molar-refractivity contribution in [3.63, 3.8) is 0 Å². The fourth-order valence-electron chi connectivity index (χ4n) is 3.79. The molecule has 1 atom stereocenters. The summed E-state index contributed by atoms with van der Waals surface area (Å²) in [6, 6.07) is 15.8. The summed E-state index contributed by atoms with van der Waals surface area (Å²) in [5.41, 5.74) is 5.22. The Morgan fingerprint density at radius 3 is 2.57 bits per heavy atom. The summed E-state index contributed by atoms with van der Waals surface area (Å²) in [5.74, 6) is 0.353. The van der Waals surface area contributed by atoms with Crippen molar-refractivity contribution in [1.29, 1.82) is 0 Å². The third-order valence-electron chi connectivity index (χ3n) is 5.30. The minimum Gasteiger partial charge on any atom is -0.460 e. The van der Waals surface area contributed by atoms with Crippen molar-refractivity contribution in [2.24, 2.45) is 0 Å². The van der Waals surface area contributed by atoms with E-state index in [2.05, 4.69) is 34.1 Å². The minimum absolute atomic E-state index is 0.204. The van der Waals surface area contributed by atoms with Crippen molar-refractivity contribution in [3.05, 3.63) is 65.4 Å². The highest BCUT2D eigenvalue weighted by atomic mass is 16.6. The maximum Gasteiger partial charge on any atom is 0.338 e. The Morgan fingerprint density at radius 2 is 1.87 bits per heavy atom. The van der Waals surface area contributed by atoms with Crippen LogP contribution in [-0.2, 0) is 14.3 Å². The van der Waals surface area contributed by atoms with Crippen molar-refractivity contribution >= 4 is 28.6 Å². The Bertz CT molecular complexity index is 1100. The van der Waals surface area contributed by atoms with Crippen LogP contribution in [0.1, 0.15) is 18.5 Å². The van der Waals surface area contributed by atoms with Gasteiger partial charge in [-0.05, 0) is 36.8 Å². The van der Waals surface area contributed by atoms with Gasteiger partial charge in [0.1, 0.15) is 6.61 Å². The summed E-state index contributed by atoms with van der Waals surface area (Å²) in [7, 11) is 5.59. The van der Waals surface area contributed by atoms with E-state index in [1.54, 1.807) is 7.11 Å². The van der Waals surface area contributed by atoms with Gasteiger partial charge in [0.25, 0.3) is 0 Å². The van der Waals surface area contributed by atoms with Gasteiger partial charge < -0.3 is 19.7 Å². The molecule has 1 aliphatic rings. The molecule has 4 rings (SSSR count). The van der Waals surface area contributed by atoms with Crippen LogP contribution in [0.15, 0.2) is 59.8 Å². The summed E-state index contributed by atoms with van der Waals surface area (Å²) in [5, 5.41) is 3.29. The maximum absolute atomic E-state index is 13.1. The number of benzene rings is 2. The molecule has 1 aromatic heterocycles. The van der Waals surface area contributed by atoms with Gasteiger partial charge in [0.05, 0.1) is 29.3 Å². The van der Waals surface area contributed by atoms with Crippen LogP contribution in [0.25, 0.3) is 11.0 Å². The van der Waals surface area contributed by atoms with E-state index in [-0.39, 0.29) is 18.6 Å². The van der Waals surface area contributed by atoms with Gasteiger partial charge in [-0.15, -0.1) is 0 Å². The number of allylic oxidation sites excluding steroid dienone is 1. The van der Waals surface area contributed by atoms with Crippen LogP contribution in [0.3, 0.4) is 0 Å². The van der Waals surface area contributed by atoms with Crippen LogP contribution in [0, 0.1) is 0 Å². The quantitative estimate of drug-likeness (QED) is 0.499. The summed E-state index contributed by atoms with van der Waals surface area (Å²) in [6.07, 6.45) is 0. The monoisotopic (exact) mass is 406 g/mol. The van der Waals surface area contributed by atoms with Crippen LogP contribution in [-0.4, -0.2) is 49.9 Å². The second kappa shape index (κ2) is 8.20. The zero-order valence-electron chi connectivity index (χ0n) is 17.7. The maximum atomic E-state index is 13.1. The van der Waals surface area contributed by atoms with Gasteiger partial charge in [0.2, 0.25) is 5.95 Å². The molecule has 0 unspecified atom stereocenters. The number of rotatable bonds is 6. The summed E-state index contributed by atoms with van der Waals surface area (Å²) >= 11 is 0. The minimum atomic E-state index is -0.359. The van der Waals surface area contributed by atoms with E-state index in [0.717, 1.165) is 28.0 Å². The number of aromatic nitrogens is 2. The Hall–Kier alpha value is -3.32. The van der Waals surface area contributed by atoms with Crippen molar-refractivity contribution in [3.8, 4) is 0 Å². The number of anilines is 2. The number of methoxy groups -OCH3 is 1. The molecule has 156 valence electrons. The number of hydrogen-bond donors (Lipinski definition) is 1. The summed E-state index contributed by atoms with van der Waals surface area (Å²) < 4.78 is 12.6. The first-order valence-electron chi connectivity index (χ1n) is 9.89. The molecule has 1 N–H and O–H groups in total. The number of hydrogen-bond acceptors (Lipinski definition) is 6. The average molecular weight is 406 g/mol. The smallest absolute Gasteiger partial charge is 0.338 e. The van der Waals surface area contributed by atoms with Gasteiger partial charge in [-0.25, -0.2) is 9.78 Å². The number of esters is 1. The van der Waals surface area contributed by atoms with E-state index >= 15 is 0 Å². The van der Waals surface area contributed by atoms with E-state index in [1.165, 1.54) is 0 Å². The molecule has 30 heavy (non-hydrogen) atoms. The third-order valence-corrected chi connectivity index (χ3v) is 5.30. The topological polar surface area (TPSA) is 68.6 Å². The second-order valence-electron chi connectivity index (χ2n) is 7.48. The Kier molecular flexibility index (Phi) is 5.46. The van der Waals surface area contributed by atoms with Crippen LogP contribution in [0.4, 0.5) is 11.6 Å². The SMILES string of the molecule is COCCOC(=O)C1=C(C)Nc2nc3ccccc3n2[C@H]1c1ccc(N(C)C)cc1. The predicted octanol–water partition coefficient (Wildman–Crippen LogP) is 3.58. The van der Waals surface area contributed by atoms with E-state index in [1.807, 2.05) is 50.2 Å². The Labute approximate surface area is 175 Å². The number of carbonyl (C=O) groups excluding carboxylic acids is 1. The summed E-state index contributed by atoms with van der Waals surface area (Å²) in [4.78, 5) is 19.9. The molecule has 0 bridgehead atoms. The highest BCUT2D eigenvalue weighted by Gasteiger charge is 2.34. The lowest BCUT2D eigenvalue weighted by Crippen LogP contribution is -2.29. The highest BCUT2D eigenvalue weighted by Crippen LogP contribution is 2.39. The fourth-order valence-corrected chi connectivity index (χ4v) is 3.79. The number of ether oxygens (including phenoxy) is 2. The first-order valence-corrected chi connectivity index (χ1v) is 9.89. The standard InChI is InChI=1S/C23H26N4O3/c1-15-20(22(28)30-14-13-29-4)21(16-9-11-17(12-10-16)26(2)3)27-19-8-6-5-7-18(19)25-23(27)24-15/h5-12,21H,13-14H2,1-4H3,(H,24,25)/t21-/m0/s1. The molecule has 0 spiro atoms. The molecular formula is C23H26N4O3.